The van der Waals surface area contributed by atoms with E-state index in [4.69, 9.17) is 4.74 Å². The molecule has 136 valence electrons. The molecule has 0 unspecified atom stereocenters. The predicted molar refractivity (Wildman–Crippen MR) is 99.4 cm³/mol. The van der Waals surface area contributed by atoms with Crippen LogP contribution in [-0.2, 0) is 14.8 Å². The maximum Gasteiger partial charge on any atom is 0.243 e. The fourth-order valence-electron chi connectivity index (χ4n) is 3.08. The van der Waals surface area contributed by atoms with Gasteiger partial charge in [0.25, 0.3) is 0 Å². The van der Waals surface area contributed by atoms with Crippen molar-refractivity contribution in [3.05, 3.63) is 71.8 Å². The summed E-state index contributed by atoms with van der Waals surface area (Å²) in [5.41, 5.74) is 1.39. The second kappa shape index (κ2) is 7.43. The molecule has 1 atom stereocenters. The number of ketones is 1. The number of carbonyl (C=O) groups is 1. The molecule has 0 fully saturated rings. The Labute approximate surface area is 154 Å². The average molecular weight is 371 g/mol. The molecule has 6 heteroatoms. The summed E-state index contributed by atoms with van der Waals surface area (Å²) in [5, 5.41) is 0. The second-order valence-electron chi connectivity index (χ2n) is 6.17. The molecule has 0 amide bonds. The zero-order valence-corrected chi connectivity index (χ0v) is 15.6. The summed E-state index contributed by atoms with van der Waals surface area (Å²) in [4.78, 5) is 12.1. The summed E-state index contributed by atoms with van der Waals surface area (Å²) in [6.07, 6.45) is 2.29. The third kappa shape index (κ3) is 3.57. The van der Waals surface area contributed by atoms with Crippen LogP contribution < -0.4 is 4.74 Å². The molecule has 3 rings (SSSR count). The lowest BCUT2D eigenvalue weighted by molar-refractivity contribution is -0.113. The number of hydrogen-bond acceptors (Lipinski definition) is 4. The number of Topliss-reactive ketones (excluding diaryl/α,β-unsaturated/α-hetero) is 1. The van der Waals surface area contributed by atoms with Crippen LogP contribution in [0.25, 0.3) is 0 Å². The van der Waals surface area contributed by atoms with Gasteiger partial charge in [-0.2, -0.15) is 4.31 Å². The van der Waals surface area contributed by atoms with Crippen LogP contribution in [0.5, 0.6) is 5.75 Å². The molecule has 0 saturated heterocycles. The summed E-state index contributed by atoms with van der Waals surface area (Å²) in [6, 6.07) is 15.3. The summed E-state index contributed by atoms with van der Waals surface area (Å²) >= 11 is 0. The fourth-order valence-corrected chi connectivity index (χ4v) is 4.70. The van der Waals surface area contributed by atoms with Gasteiger partial charge in [-0.3, -0.25) is 4.79 Å². The van der Waals surface area contributed by atoms with E-state index in [-0.39, 0.29) is 23.3 Å². The molecular formula is C20H21NO4S. The fraction of sp³-hybridized carbons (Fsp3) is 0.250. The number of sulfonamides is 1. The van der Waals surface area contributed by atoms with E-state index < -0.39 is 10.0 Å². The number of ether oxygens (including phenoxy) is 1. The third-order valence-electron chi connectivity index (χ3n) is 4.56. The lowest BCUT2D eigenvalue weighted by atomic mass is 9.97. The average Bonchev–Trinajstić information content (AvgIpc) is 2.68. The van der Waals surface area contributed by atoms with Gasteiger partial charge in [0.15, 0.2) is 5.78 Å². The van der Waals surface area contributed by atoms with Gasteiger partial charge in [0.05, 0.1) is 18.0 Å². The van der Waals surface area contributed by atoms with Crippen LogP contribution in [0.3, 0.4) is 0 Å². The molecule has 0 bridgehead atoms. The summed E-state index contributed by atoms with van der Waals surface area (Å²) in [6.45, 7) is 1.54. The number of hydrogen-bond donors (Lipinski definition) is 0. The quantitative estimate of drug-likeness (QED) is 0.809. The van der Waals surface area contributed by atoms with Crippen molar-refractivity contribution in [2.24, 2.45) is 0 Å². The van der Waals surface area contributed by atoms with E-state index in [0.29, 0.717) is 17.7 Å². The minimum atomic E-state index is -3.73. The van der Waals surface area contributed by atoms with Crippen LogP contribution in [0.1, 0.15) is 24.9 Å². The normalized spacial score (nSPS) is 18.2. The van der Waals surface area contributed by atoms with Gasteiger partial charge < -0.3 is 4.74 Å². The van der Waals surface area contributed by atoms with Crippen molar-refractivity contribution in [1.82, 2.24) is 4.31 Å². The smallest absolute Gasteiger partial charge is 0.243 e. The Morgan fingerprint density at radius 2 is 1.73 bits per heavy atom. The Balaban J connectivity index is 2.04. The zero-order valence-electron chi connectivity index (χ0n) is 14.8. The monoisotopic (exact) mass is 371 g/mol. The first-order valence-electron chi connectivity index (χ1n) is 8.34. The first-order valence-corrected chi connectivity index (χ1v) is 9.78. The molecule has 0 N–H and O–H groups in total. The highest BCUT2D eigenvalue weighted by Crippen LogP contribution is 2.35. The molecule has 0 radical (unpaired) electrons. The van der Waals surface area contributed by atoms with Crippen LogP contribution in [0.15, 0.2) is 71.1 Å². The van der Waals surface area contributed by atoms with E-state index in [0.717, 1.165) is 5.56 Å². The Kier molecular flexibility index (Phi) is 5.25. The topological polar surface area (TPSA) is 63.7 Å². The minimum absolute atomic E-state index is 0.0727. The van der Waals surface area contributed by atoms with Gasteiger partial charge in [-0.05, 0) is 43.2 Å². The largest absolute Gasteiger partial charge is 0.497 e. The second-order valence-corrected chi connectivity index (χ2v) is 8.06. The Hall–Kier alpha value is -2.44. The van der Waals surface area contributed by atoms with Crippen molar-refractivity contribution in [3.8, 4) is 5.75 Å². The number of benzene rings is 2. The lowest BCUT2D eigenvalue weighted by Gasteiger charge is -2.34. The Bertz CT molecular complexity index is 918. The Morgan fingerprint density at radius 1 is 1.08 bits per heavy atom. The van der Waals surface area contributed by atoms with Gasteiger partial charge in [0.2, 0.25) is 10.0 Å². The molecular weight excluding hydrogens is 350 g/mol. The van der Waals surface area contributed by atoms with Crippen LogP contribution in [0.2, 0.25) is 0 Å². The number of rotatable bonds is 5. The van der Waals surface area contributed by atoms with Gasteiger partial charge in [-0.25, -0.2) is 8.42 Å². The molecule has 1 aliphatic rings. The minimum Gasteiger partial charge on any atom is -0.497 e. The molecule has 2 aromatic rings. The highest BCUT2D eigenvalue weighted by atomic mass is 32.2. The van der Waals surface area contributed by atoms with Crippen LogP contribution >= 0.6 is 0 Å². The van der Waals surface area contributed by atoms with Gasteiger partial charge in [-0.15, -0.1) is 0 Å². The molecule has 0 aromatic heterocycles. The molecule has 1 heterocycles. The lowest BCUT2D eigenvalue weighted by Crippen LogP contribution is -2.39. The van der Waals surface area contributed by atoms with Crippen LogP contribution in [0, 0.1) is 0 Å². The summed E-state index contributed by atoms with van der Waals surface area (Å²) in [7, 11) is -2.15. The predicted octanol–water partition coefficient (Wildman–Crippen LogP) is 3.35. The molecule has 2 aromatic carbocycles. The molecule has 1 aliphatic heterocycles. The third-order valence-corrected chi connectivity index (χ3v) is 6.43. The van der Waals surface area contributed by atoms with E-state index in [1.54, 1.807) is 37.4 Å². The molecule has 0 spiro atoms. The number of methoxy groups -OCH3 is 1. The van der Waals surface area contributed by atoms with Gasteiger partial charge >= 0.3 is 0 Å². The molecule has 0 saturated carbocycles. The van der Waals surface area contributed by atoms with E-state index in [9.17, 15) is 13.2 Å². The number of carbonyl (C=O) groups excluding carboxylic acids is 1. The van der Waals surface area contributed by atoms with Gasteiger partial charge in [0, 0.05) is 12.1 Å². The van der Waals surface area contributed by atoms with Crippen LogP contribution in [0.4, 0.5) is 0 Å². The van der Waals surface area contributed by atoms with E-state index in [2.05, 4.69) is 0 Å². The first-order chi connectivity index (χ1) is 12.4. The molecule has 5 nitrogen and oxygen atoms in total. The summed E-state index contributed by atoms with van der Waals surface area (Å²) < 4.78 is 33.0. The van der Waals surface area contributed by atoms with Crippen molar-refractivity contribution < 1.29 is 17.9 Å². The van der Waals surface area contributed by atoms with E-state index in [1.165, 1.54) is 11.2 Å². The number of nitrogens with zero attached hydrogens (tertiary/aromatic N) is 1. The maximum atomic E-state index is 13.2. The standard InChI is InChI=1S/C20H21NO4S/c1-15(22)17-10-13-20(16-8-11-18(25-2)12-9-16)21(14-17)26(23,24)19-6-4-3-5-7-19/h3-12,20H,13-14H2,1-2H3/t20-/m0/s1. The van der Waals surface area contributed by atoms with Crippen molar-refractivity contribution in [3.63, 3.8) is 0 Å². The van der Waals surface area contributed by atoms with E-state index in [1.807, 2.05) is 30.3 Å². The zero-order chi connectivity index (χ0) is 18.7. The highest BCUT2D eigenvalue weighted by Gasteiger charge is 2.35. The Morgan fingerprint density at radius 3 is 2.31 bits per heavy atom. The van der Waals surface area contributed by atoms with E-state index >= 15 is 0 Å². The van der Waals surface area contributed by atoms with Crippen molar-refractivity contribution in [2.75, 3.05) is 13.7 Å². The van der Waals surface area contributed by atoms with Gasteiger partial charge in [0.1, 0.15) is 5.75 Å². The maximum absolute atomic E-state index is 13.2. The summed E-state index contributed by atoms with van der Waals surface area (Å²) in [5.74, 6) is 0.605. The SMILES string of the molecule is COc1ccc([C@@H]2CC=C(C(C)=O)CN2S(=O)(=O)c2ccccc2)cc1. The first kappa shape index (κ1) is 18.4. The van der Waals surface area contributed by atoms with Crippen molar-refractivity contribution in [1.29, 1.82) is 0 Å². The van der Waals surface area contributed by atoms with Crippen molar-refractivity contribution >= 4 is 15.8 Å². The highest BCUT2D eigenvalue weighted by molar-refractivity contribution is 7.89. The van der Waals surface area contributed by atoms with Gasteiger partial charge in [-0.1, -0.05) is 36.4 Å². The molecule has 26 heavy (non-hydrogen) atoms. The molecule has 0 aliphatic carbocycles. The van der Waals surface area contributed by atoms with Crippen molar-refractivity contribution in [2.45, 2.75) is 24.3 Å². The van der Waals surface area contributed by atoms with Crippen LogP contribution in [-0.4, -0.2) is 32.2 Å².